The molecular weight excluding hydrogens is 210 g/mol. The van der Waals surface area contributed by atoms with Crippen LogP contribution in [0, 0.1) is 0 Å². The van der Waals surface area contributed by atoms with Gasteiger partial charge in [0.05, 0.1) is 12.3 Å². The lowest BCUT2D eigenvalue weighted by Crippen LogP contribution is -2.31. The van der Waals surface area contributed by atoms with Gasteiger partial charge in [0.15, 0.2) is 5.13 Å². The minimum Gasteiger partial charge on any atom is -0.389 e. The highest BCUT2D eigenvalue weighted by atomic mass is 32.1. The van der Waals surface area contributed by atoms with Crippen molar-refractivity contribution in [2.24, 2.45) is 0 Å². The minimum absolute atomic E-state index is 0.370. The normalized spacial score (nSPS) is 20.7. The fourth-order valence-electron chi connectivity index (χ4n) is 1.80. The summed E-state index contributed by atoms with van der Waals surface area (Å²) in [4.78, 5) is 6.53. The fraction of sp³-hybridized carbons (Fsp3) is 0.700. The molecule has 1 unspecified atom stereocenters. The first kappa shape index (κ1) is 10.7. The van der Waals surface area contributed by atoms with Gasteiger partial charge in [-0.1, -0.05) is 11.3 Å². The quantitative estimate of drug-likeness (QED) is 0.851. The number of thiazole rings is 1. The number of nitrogens with zero attached hydrogens (tertiary/aromatic N) is 2. The summed E-state index contributed by atoms with van der Waals surface area (Å²) in [5.74, 6) is 0. The molecular formula is C10H17N3OS. The van der Waals surface area contributed by atoms with Crippen LogP contribution in [0.4, 0.5) is 10.1 Å². The zero-order valence-corrected chi connectivity index (χ0v) is 9.80. The summed E-state index contributed by atoms with van der Waals surface area (Å²) in [6.45, 7) is 4.92. The Hall–Kier alpha value is -0.810. The first-order chi connectivity index (χ1) is 7.29. The summed E-state index contributed by atoms with van der Waals surface area (Å²) in [5, 5.41) is 1.78. The molecule has 0 radical (unpaired) electrons. The van der Waals surface area contributed by atoms with Crippen molar-refractivity contribution in [3.8, 4) is 0 Å². The molecule has 0 spiro atoms. The van der Waals surface area contributed by atoms with Crippen LogP contribution in [0.25, 0.3) is 0 Å². The van der Waals surface area contributed by atoms with Crippen LogP contribution in [0.5, 0.6) is 0 Å². The van der Waals surface area contributed by atoms with Crippen LogP contribution in [-0.4, -0.2) is 30.8 Å². The van der Waals surface area contributed by atoms with Crippen molar-refractivity contribution < 1.29 is 4.74 Å². The zero-order chi connectivity index (χ0) is 10.7. The average Bonchev–Trinajstić information content (AvgIpc) is 2.85. The molecule has 1 aliphatic heterocycles. The number of aromatic nitrogens is 1. The van der Waals surface area contributed by atoms with Crippen LogP contribution in [0.3, 0.4) is 0 Å². The summed E-state index contributed by atoms with van der Waals surface area (Å²) >= 11 is 1.54. The van der Waals surface area contributed by atoms with Crippen LogP contribution < -0.4 is 10.6 Å². The molecule has 4 nitrogen and oxygen atoms in total. The number of rotatable bonds is 4. The SMILES string of the molecule is CCN(CC1CCCO1)c1ncc(N)s1. The van der Waals surface area contributed by atoms with Crippen LogP contribution in [0.15, 0.2) is 6.20 Å². The van der Waals surface area contributed by atoms with Crippen molar-refractivity contribution in [2.45, 2.75) is 25.9 Å². The second kappa shape index (κ2) is 4.81. The van der Waals surface area contributed by atoms with Crippen LogP contribution >= 0.6 is 11.3 Å². The zero-order valence-electron chi connectivity index (χ0n) is 8.98. The van der Waals surface area contributed by atoms with Crippen molar-refractivity contribution in [3.05, 3.63) is 6.20 Å². The Morgan fingerprint density at radius 1 is 1.73 bits per heavy atom. The Kier molecular flexibility index (Phi) is 3.43. The summed E-state index contributed by atoms with van der Waals surface area (Å²) < 4.78 is 5.62. The van der Waals surface area contributed by atoms with E-state index in [0.717, 1.165) is 36.2 Å². The van der Waals surface area contributed by atoms with Crippen LogP contribution in [0.2, 0.25) is 0 Å². The molecule has 84 valence electrons. The molecule has 1 atom stereocenters. The topological polar surface area (TPSA) is 51.4 Å². The van der Waals surface area contributed by atoms with Gasteiger partial charge in [0, 0.05) is 19.7 Å². The molecule has 2 rings (SSSR count). The Morgan fingerprint density at radius 3 is 3.13 bits per heavy atom. The molecule has 2 N–H and O–H groups in total. The third kappa shape index (κ3) is 2.60. The van der Waals surface area contributed by atoms with E-state index in [9.17, 15) is 0 Å². The molecule has 0 aliphatic carbocycles. The highest BCUT2D eigenvalue weighted by molar-refractivity contribution is 7.19. The van der Waals surface area contributed by atoms with Crippen molar-refractivity contribution >= 4 is 21.5 Å². The molecule has 0 saturated carbocycles. The van der Waals surface area contributed by atoms with Gasteiger partial charge in [-0.25, -0.2) is 4.98 Å². The lowest BCUT2D eigenvalue weighted by atomic mass is 10.2. The van der Waals surface area contributed by atoms with E-state index in [1.165, 1.54) is 6.42 Å². The summed E-state index contributed by atoms with van der Waals surface area (Å²) in [5.41, 5.74) is 5.68. The highest BCUT2D eigenvalue weighted by Crippen LogP contribution is 2.25. The van der Waals surface area contributed by atoms with Gasteiger partial charge in [0.1, 0.15) is 5.00 Å². The van der Waals surface area contributed by atoms with Gasteiger partial charge in [0.2, 0.25) is 0 Å². The van der Waals surface area contributed by atoms with E-state index in [-0.39, 0.29) is 0 Å². The maximum absolute atomic E-state index is 5.68. The van der Waals surface area contributed by atoms with E-state index in [4.69, 9.17) is 10.5 Å². The minimum atomic E-state index is 0.370. The number of likely N-dealkylation sites (N-methyl/N-ethyl adjacent to an activating group) is 1. The Bertz CT molecular complexity index is 309. The monoisotopic (exact) mass is 227 g/mol. The number of hydrogen-bond donors (Lipinski definition) is 1. The maximum Gasteiger partial charge on any atom is 0.187 e. The highest BCUT2D eigenvalue weighted by Gasteiger charge is 2.19. The summed E-state index contributed by atoms with van der Waals surface area (Å²) in [7, 11) is 0. The van der Waals surface area contributed by atoms with Gasteiger partial charge < -0.3 is 15.4 Å². The van der Waals surface area contributed by atoms with Crippen LogP contribution in [-0.2, 0) is 4.74 Å². The molecule has 1 fully saturated rings. The first-order valence-corrected chi connectivity index (χ1v) is 6.19. The maximum atomic E-state index is 5.68. The lowest BCUT2D eigenvalue weighted by Gasteiger charge is -2.22. The number of nitrogens with two attached hydrogens (primary N) is 1. The van der Waals surface area contributed by atoms with Gasteiger partial charge in [-0.05, 0) is 19.8 Å². The molecule has 0 bridgehead atoms. The van der Waals surface area contributed by atoms with Crippen molar-refractivity contribution in [2.75, 3.05) is 30.3 Å². The third-order valence-electron chi connectivity index (χ3n) is 2.61. The molecule has 5 heteroatoms. The number of anilines is 2. The molecule has 0 aromatic carbocycles. The van der Waals surface area contributed by atoms with Gasteiger partial charge in [-0.15, -0.1) is 0 Å². The standard InChI is InChI=1S/C10H17N3OS/c1-2-13(7-8-4-3-5-14-8)10-12-6-9(11)15-10/h6,8H,2-5,7,11H2,1H3. The number of hydrogen-bond acceptors (Lipinski definition) is 5. The Balaban J connectivity index is 1.97. The predicted octanol–water partition coefficient (Wildman–Crippen LogP) is 1.73. The Labute approximate surface area is 94.1 Å². The molecule has 1 aromatic rings. The molecule has 1 aromatic heterocycles. The molecule has 15 heavy (non-hydrogen) atoms. The summed E-state index contributed by atoms with van der Waals surface area (Å²) in [6, 6.07) is 0. The van der Waals surface area contributed by atoms with E-state index >= 15 is 0 Å². The molecule has 2 heterocycles. The lowest BCUT2D eigenvalue weighted by molar-refractivity contribution is 0.115. The van der Waals surface area contributed by atoms with Crippen molar-refractivity contribution in [1.29, 1.82) is 0 Å². The number of nitrogen functional groups attached to an aromatic ring is 1. The Morgan fingerprint density at radius 2 is 2.60 bits per heavy atom. The predicted molar refractivity (Wildman–Crippen MR) is 63.4 cm³/mol. The van der Waals surface area contributed by atoms with E-state index in [0.29, 0.717) is 6.10 Å². The van der Waals surface area contributed by atoms with Crippen molar-refractivity contribution in [3.63, 3.8) is 0 Å². The largest absolute Gasteiger partial charge is 0.389 e. The van der Waals surface area contributed by atoms with Gasteiger partial charge in [-0.2, -0.15) is 0 Å². The van der Waals surface area contributed by atoms with Crippen molar-refractivity contribution in [1.82, 2.24) is 4.98 Å². The van der Waals surface area contributed by atoms with E-state index < -0.39 is 0 Å². The first-order valence-electron chi connectivity index (χ1n) is 5.37. The molecule has 1 aliphatic rings. The number of ether oxygens (including phenoxy) is 1. The summed E-state index contributed by atoms with van der Waals surface area (Å²) in [6.07, 6.45) is 4.44. The van der Waals surface area contributed by atoms with E-state index in [1.807, 2.05) is 0 Å². The van der Waals surface area contributed by atoms with E-state index in [2.05, 4.69) is 16.8 Å². The smallest absolute Gasteiger partial charge is 0.187 e. The van der Waals surface area contributed by atoms with Crippen LogP contribution in [0.1, 0.15) is 19.8 Å². The molecule has 1 saturated heterocycles. The van der Waals surface area contributed by atoms with E-state index in [1.54, 1.807) is 17.5 Å². The fourth-order valence-corrected chi connectivity index (χ4v) is 2.55. The molecule has 0 amide bonds. The second-order valence-corrected chi connectivity index (χ2v) is 4.76. The van der Waals surface area contributed by atoms with Gasteiger partial charge in [0.25, 0.3) is 0 Å². The average molecular weight is 227 g/mol. The second-order valence-electron chi connectivity index (χ2n) is 3.72. The van der Waals surface area contributed by atoms with Gasteiger partial charge in [-0.3, -0.25) is 0 Å². The van der Waals surface area contributed by atoms with Gasteiger partial charge >= 0.3 is 0 Å². The third-order valence-corrected chi connectivity index (χ3v) is 3.50.